The number of hydrogen-bond donors (Lipinski definition) is 0. The predicted octanol–water partition coefficient (Wildman–Crippen LogP) is 2.72. The Morgan fingerprint density at radius 2 is 2.11 bits per heavy atom. The minimum atomic E-state index is 0.0283. The fraction of sp³-hybridized carbons (Fsp3) is 0.429. The van der Waals surface area contributed by atoms with Crippen LogP contribution in [0.15, 0.2) is 34.2 Å². The molecule has 0 fully saturated rings. The Morgan fingerprint density at radius 1 is 1.37 bits per heavy atom. The number of fused-ring (bicyclic) bond motifs is 1. The zero-order valence-electron chi connectivity index (χ0n) is 11.4. The number of benzene rings is 1. The van der Waals surface area contributed by atoms with Crippen molar-refractivity contribution in [3.8, 4) is 0 Å². The lowest BCUT2D eigenvalue weighted by Crippen LogP contribution is -2.25. The van der Waals surface area contributed by atoms with E-state index in [0.29, 0.717) is 12.0 Å². The SMILES string of the molecule is COCCSc1nc2ccccc2c(=O)n1C(C)C. The molecule has 5 heteroatoms. The maximum atomic E-state index is 12.5. The second-order valence-corrected chi connectivity index (χ2v) is 5.58. The number of aromatic nitrogens is 2. The molecular formula is C14H18N2O2S. The first kappa shape index (κ1) is 14.1. The molecule has 0 unspecified atom stereocenters. The van der Waals surface area contributed by atoms with Gasteiger partial charge in [-0.2, -0.15) is 0 Å². The van der Waals surface area contributed by atoms with Crippen LogP contribution in [0.1, 0.15) is 19.9 Å². The Hall–Kier alpha value is -1.33. The molecule has 2 aromatic rings. The third kappa shape index (κ3) is 2.98. The highest BCUT2D eigenvalue weighted by Gasteiger charge is 2.13. The molecule has 2 rings (SSSR count). The third-order valence-electron chi connectivity index (χ3n) is 2.81. The molecule has 19 heavy (non-hydrogen) atoms. The maximum absolute atomic E-state index is 12.5. The van der Waals surface area contributed by atoms with E-state index in [1.165, 1.54) is 0 Å². The van der Waals surface area contributed by atoms with Gasteiger partial charge in [-0.1, -0.05) is 23.9 Å². The van der Waals surface area contributed by atoms with Gasteiger partial charge in [-0.25, -0.2) is 4.98 Å². The number of thioether (sulfide) groups is 1. The standard InChI is InChI=1S/C14H18N2O2S/c1-10(2)16-13(17)11-6-4-5-7-12(11)15-14(16)19-9-8-18-3/h4-7,10H,8-9H2,1-3H3. The van der Waals surface area contributed by atoms with Gasteiger partial charge in [-0.3, -0.25) is 9.36 Å². The highest BCUT2D eigenvalue weighted by Crippen LogP contribution is 2.20. The first-order valence-corrected chi connectivity index (χ1v) is 7.26. The van der Waals surface area contributed by atoms with Gasteiger partial charge in [-0.15, -0.1) is 0 Å². The normalized spacial score (nSPS) is 11.4. The second-order valence-electron chi connectivity index (χ2n) is 4.52. The van der Waals surface area contributed by atoms with Gasteiger partial charge in [0.1, 0.15) is 0 Å². The molecule has 1 heterocycles. The van der Waals surface area contributed by atoms with Gasteiger partial charge < -0.3 is 4.74 Å². The van der Waals surface area contributed by atoms with E-state index in [-0.39, 0.29) is 11.6 Å². The average Bonchev–Trinajstić information content (AvgIpc) is 2.39. The first-order valence-electron chi connectivity index (χ1n) is 6.28. The third-order valence-corrected chi connectivity index (χ3v) is 3.73. The lowest BCUT2D eigenvalue weighted by molar-refractivity contribution is 0.218. The molecule has 102 valence electrons. The van der Waals surface area contributed by atoms with E-state index in [0.717, 1.165) is 16.4 Å². The van der Waals surface area contributed by atoms with Crippen molar-refractivity contribution >= 4 is 22.7 Å². The number of methoxy groups -OCH3 is 1. The van der Waals surface area contributed by atoms with E-state index in [1.54, 1.807) is 23.4 Å². The molecule has 0 atom stereocenters. The molecule has 4 nitrogen and oxygen atoms in total. The Bertz CT molecular complexity index is 622. The zero-order valence-corrected chi connectivity index (χ0v) is 12.2. The summed E-state index contributed by atoms with van der Waals surface area (Å²) in [6.45, 7) is 4.64. The van der Waals surface area contributed by atoms with Crippen LogP contribution in [0.4, 0.5) is 0 Å². The van der Waals surface area contributed by atoms with Crippen LogP contribution in [-0.2, 0) is 4.74 Å². The van der Waals surface area contributed by atoms with Crippen molar-refractivity contribution in [2.24, 2.45) is 0 Å². The van der Waals surface area contributed by atoms with E-state index in [2.05, 4.69) is 4.98 Å². The van der Waals surface area contributed by atoms with Gasteiger partial charge in [-0.05, 0) is 26.0 Å². The molecular weight excluding hydrogens is 260 g/mol. The summed E-state index contributed by atoms with van der Waals surface area (Å²) in [5, 5.41) is 1.43. The van der Waals surface area contributed by atoms with E-state index >= 15 is 0 Å². The van der Waals surface area contributed by atoms with Crippen LogP contribution in [0.3, 0.4) is 0 Å². The van der Waals surface area contributed by atoms with Crippen LogP contribution in [-0.4, -0.2) is 29.0 Å². The summed E-state index contributed by atoms with van der Waals surface area (Å²) in [5.41, 5.74) is 0.782. The fourth-order valence-corrected chi connectivity index (χ4v) is 2.93. The number of rotatable bonds is 5. The highest BCUT2D eigenvalue weighted by molar-refractivity contribution is 7.99. The van der Waals surface area contributed by atoms with Crippen LogP contribution in [0, 0.1) is 0 Å². The molecule has 0 saturated heterocycles. The monoisotopic (exact) mass is 278 g/mol. The number of nitrogens with zero attached hydrogens (tertiary/aromatic N) is 2. The molecule has 0 aliphatic heterocycles. The molecule has 0 amide bonds. The van der Waals surface area contributed by atoms with Gasteiger partial charge in [0, 0.05) is 18.9 Å². The second kappa shape index (κ2) is 6.21. The summed E-state index contributed by atoms with van der Waals surface area (Å²) in [5.74, 6) is 0.786. The van der Waals surface area contributed by atoms with Crippen LogP contribution in [0.5, 0.6) is 0 Å². The molecule has 0 spiro atoms. The van der Waals surface area contributed by atoms with Crippen molar-refractivity contribution < 1.29 is 4.74 Å². The quantitative estimate of drug-likeness (QED) is 0.479. The van der Waals surface area contributed by atoms with Crippen molar-refractivity contribution in [2.45, 2.75) is 25.0 Å². The van der Waals surface area contributed by atoms with Crippen molar-refractivity contribution in [1.82, 2.24) is 9.55 Å². The predicted molar refractivity (Wildman–Crippen MR) is 79.0 cm³/mol. The van der Waals surface area contributed by atoms with Crippen molar-refractivity contribution in [3.05, 3.63) is 34.6 Å². The van der Waals surface area contributed by atoms with Gasteiger partial charge in [0.05, 0.1) is 17.5 Å². The minimum absolute atomic E-state index is 0.0283. The zero-order chi connectivity index (χ0) is 13.8. The van der Waals surface area contributed by atoms with Gasteiger partial charge in [0.2, 0.25) is 0 Å². The maximum Gasteiger partial charge on any atom is 0.262 e. The van der Waals surface area contributed by atoms with E-state index in [1.807, 2.05) is 38.1 Å². The number of ether oxygens (including phenoxy) is 1. The van der Waals surface area contributed by atoms with Crippen LogP contribution in [0.2, 0.25) is 0 Å². The average molecular weight is 278 g/mol. The molecule has 0 bridgehead atoms. The van der Waals surface area contributed by atoms with Crippen molar-refractivity contribution in [1.29, 1.82) is 0 Å². The first-order chi connectivity index (χ1) is 9.15. The fourth-order valence-electron chi connectivity index (χ4n) is 1.90. The summed E-state index contributed by atoms with van der Waals surface area (Å²) >= 11 is 1.56. The largest absolute Gasteiger partial charge is 0.384 e. The van der Waals surface area contributed by atoms with Crippen LogP contribution >= 0.6 is 11.8 Å². The molecule has 0 saturated carbocycles. The molecule has 0 aliphatic carbocycles. The molecule has 1 aromatic carbocycles. The smallest absolute Gasteiger partial charge is 0.262 e. The number of para-hydroxylation sites is 1. The summed E-state index contributed by atoms with van der Waals surface area (Å²) < 4.78 is 6.80. The van der Waals surface area contributed by atoms with E-state index in [4.69, 9.17) is 4.74 Å². The topological polar surface area (TPSA) is 44.1 Å². The molecule has 0 radical (unpaired) electrons. The van der Waals surface area contributed by atoms with Crippen LogP contribution in [0.25, 0.3) is 10.9 Å². The summed E-state index contributed by atoms with van der Waals surface area (Å²) in [4.78, 5) is 17.1. The van der Waals surface area contributed by atoms with Gasteiger partial charge in [0.25, 0.3) is 5.56 Å². The van der Waals surface area contributed by atoms with E-state index < -0.39 is 0 Å². The van der Waals surface area contributed by atoms with Crippen molar-refractivity contribution in [2.75, 3.05) is 19.5 Å². The van der Waals surface area contributed by atoms with Crippen molar-refractivity contribution in [3.63, 3.8) is 0 Å². The van der Waals surface area contributed by atoms with Gasteiger partial charge in [0.15, 0.2) is 5.16 Å². The molecule has 0 aliphatic rings. The Balaban J connectivity index is 2.54. The summed E-state index contributed by atoms with van der Waals surface area (Å²) in [7, 11) is 1.67. The van der Waals surface area contributed by atoms with E-state index in [9.17, 15) is 4.79 Å². The highest BCUT2D eigenvalue weighted by atomic mass is 32.2. The minimum Gasteiger partial charge on any atom is -0.384 e. The van der Waals surface area contributed by atoms with Gasteiger partial charge >= 0.3 is 0 Å². The summed E-state index contributed by atoms with van der Waals surface area (Å²) in [6.07, 6.45) is 0. The Morgan fingerprint density at radius 3 is 2.79 bits per heavy atom. The lowest BCUT2D eigenvalue weighted by atomic mass is 10.2. The Kier molecular flexibility index (Phi) is 4.61. The molecule has 1 aromatic heterocycles. The molecule has 0 N–H and O–H groups in total. The lowest BCUT2D eigenvalue weighted by Gasteiger charge is -2.15. The summed E-state index contributed by atoms with van der Waals surface area (Å²) in [6, 6.07) is 7.57. The Labute approximate surface area is 116 Å². The van der Waals surface area contributed by atoms with Crippen LogP contribution < -0.4 is 5.56 Å². The number of hydrogen-bond acceptors (Lipinski definition) is 4.